The topological polar surface area (TPSA) is 170 Å². The Balaban J connectivity index is 0.890. The Bertz CT molecular complexity index is 3140. The smallest absolute Gasteiger partial charge is 0.161 e. The van der Waals surface area contributed by atoms with E-state index < -0.39 is 12.2 Å². The Morgan fingerprint density at radius 1 is 0.366 bits per heavy atom. The molecule has 16 nitrogen and oxygen atoms in total. The molecule has 3 heterocycles. The summed E-state index contributed by atoms with van der Waals surface area (Å²) < 4.78 is 86.5. The number of rotatable bonds is 24. The second-order valence-corrected chi connectivity index (χ2v) is 28.0. The molecule has 3 aliphatic heterocycles. The maximum Gasteiger partial charge on any atom is 0.161 e. The zero-order chi connectivity index (χ0) is 64.5. The van der Waals surface area contributed by atoms with Crippen LogP contribution in [0.2, 0.25) is 0 Å². The van der Waals surface area contributed by atoms with Crippen LogP contribution in [-0.4, -0.2) is 175 Å². The van der Waals surface area contributed by atoms with Crippen LogP contribution in [0.4, 0.5) is 0 Å². The van der Waals surface area contributed by atoms with Crippen molar-refractivity contribution in [2.45, 2.75) is 74.8 Å². The van der Waals surface area contributed by atoms with Gasteiger partial charge in [0.25, 0.3) is 0 Å². The Hall–Kier alpha value is -5.20. The summed E-state index contributed by atoms with van der Waals surface area (Å²) in [4.78, 5) is 0. The maximum atomic E-state index is 12.9. The van der Waals surface area contributed by atoms with Crippen LogP contribution in [0.1, 0.15) is 95.5 Å². The molecule has 4 aliphatic rings. The molecule has 0 saturated carbocycles. The number of aliphatic hydroxyl groups is 2. The lowest BCUT2D eigenvalue weighted by Gasteiger charge is -2.44. The predicted octanol–water partition coefficient (Wildman–Crippen LogP) is 12.7. The molecule has 2 fully saturated rings. The molecule has 93 heavy (non-hydrogen) atoms. The van der Waals surface area contributed by atoms with Crippen molar-refractivity contribution in [3.63, 3.8) is 0 Å². The SMILES string of the molecule is CCOCCOc1c2cccc1Cc1cccc(c1OCCOCC)Cc1cc(C(O)C3SCC4(CS3)CSC(C(O)c3ccc5c(c3)OCCOCCOc3ccccc3OCCOCCO5)SC4)cc(c1OCCOCC)Cc1cccc(c1OCCOCC)C2. The van der Waals surface area contributed by atoms with Gasteiger partial charge in [0.05, 0.1) is 68.1 Å². The summed E-state index contributed by atoms with van der Waals surface area (Å²) in [6.45, 7) is 16.3. The van der Waals surface area contributed by atoms with Crippen molar-refractivity contribution in [1.82, 2.24) is 0 Å². The molecule has 20 heteroatoms. The third-order valence-corrected chi connectivity index (χ3v) is 23.3. The highest BCUT2D eigenvalue weighted by molar-refractivity contribution is 8.19. The average molecular weight is 1350 g/mol. The van der Waals surface area contributed by atoms with Crippen molar-refractivity contribution < 1.29 is 76.5 Å². The highest BCUT2D eigenvalue weighted by Crippen LogP contribution is 2.54. The van der Waals surface area contributed by atoms with Crippen molar-refractivity contribution in [2.24, 2.45) is 5.41 Å². The van der Waals surface area contributed by atoms with E-state index in [1.807, 2.05) is 117 Å². The highest BCUT2D eigenvalue weighted by atomic mass is 32.2. The molecule has 6 aromatic rings. The molecule has 0 amide bonds. The van der Waals surface area contributed by atoms with Gasteiger partial charge in [-0.1, -0.05) is 72.8 Å². The van der Waals surface area contributed by atoms with Gasteiger partial charge >= 0.3 is 0 Å². The van der Waals surface area contributed by atoms with Crippen LogP contribution in [0.25, 0.3) is 0 Å². The fourth-order valence-electron chi connectivity index (χ4n) is 11.7. The monoisotopic (exact) mass is 1350 g/mol. The number of hydrogen-bond donors (Lipinski definition) is 2. The minimum atomic E-state index is -0.812. The third-order valence-electron chi connectivity index (χ3n) is 16.2. The normalized spacial score (nSPS) is 19.5. The molecule has 0 aromatic heterocycles. The summed E-state index contributed by atoms with van der Waals surface area (Å²) in [7, 11) is 0. The Morgan fingerprint density at radius 2 is 0.688 bits per heavy atom. The van der Waals surface area contributed by atoms with E-state index in [0.29, 0.717) is 174 Å². The van der Waals surface area contributed by atoms with Crippen LogP contribution in [0.15, 0.2) is 109 Å². The molecule has 2 unspecified atom stereocenters. The minimum Gasteiger partial charge on any atom is -0.491 e. The molecule has 8 bridgehead atoms. The zero-order valence-corrected chi connectivity index (χ0v) is 57.5. The van der Waals surface area contributed by atoms with E-state index in [-0.39, 0.29) is 21.2 Å². The number of thioether (sulfide) groups is 4. The van der Waals surface area contributed by atoms with Gasteiger partial charge in [-0.25, -0.2) is 0 Å². The fraction of sp³-hybridized carbons (Fsp3) is 0.507. The summed E-state index contributed by atoms with van der Waals surface area (Å²) >= 11 is 7.28. The molecule has 1 spiro atoms. The van der Waals surface area contributed by atoms with Gasteiger partial charge in [0, 0.05) is 80.5 Å². The van der Waals surface area contributed by atoms with Gasteiger partial charge in [-0.05, 0) is 120 Å². The predicted molar refractivity (Wildman–Crippen MR) is 371 cm³/mol. The van der Waals surface area contributed by atoms with Gasteiger partial charge in [0.2, 0.25) is 0 Å². The summed E-state index contributed by atoms with van der Waals surface area (Å²) in [6, 6.07) is 36.8. The first-order chi connectivity index (χ1) is 45.8. The lowest BCUT2D eigenvalue weighted by molar-refractivity contribution is 0.0639. The van der Waals surface area contributed by atoms with E-state index in [9.17, 15) is 10.2 Å². The van der Waals surface area contributed by atoms with Crippen LogP contribution in [0.3, 0.4) is 0 Å². The van der Waals surface area contributed by atoms with Gasteiger partial charge < -0.3 is 76.5 Å². The first kappa shape index (κ1) is 70.6. The van der Waals surface area contributed by atoms with Gasteiger partial charge in [0.15, 0.2) is 23.0 Å². The summed E-state index contributed by atoms with van der Waals surface area (Å²) in [5.41, 5.74) is 9.55. The molecule has 0 radical (unpaired) electrons. The lowest BCUT2D eigenvalue weighted by Crippen LogP contribution is -2.42. The molecule has 2 N–H and O–H groups in total. The summed E-state index contributed by atoms with van der Waals surface area (Å²) in [5, 5.41) is 25.0. The van der Waals surface area contributed by atoms with Gasteiger partial charge in [-0.3, -0.25) is 0 Å². The van der Waals surface area contributed by atoms with Crippen molar-refractivity contribution in [1.29, 1.82) is 0 Å². The second-order valence-electron chi connectivity index (χ2n) is 22.9. The van der Waals surface area contributed by atoms with Crippen molar-refractivity contribution in [3.8, 4) is 46.0 Å². The number of ether oxygens (including phenoxy) is 14. The van der Waals surface area contributed by atoms with Gasteiger partial charge in [-0.15, -0.1) is 47.0 Å². The molecule has 6 aromatic carbocycles. The quantitative estimate of drug-likeness (QED) is 0.0547. The van der Waals surface area contributed by atoms with Crippen molar-refractivity contribution in [3.05, 3.63) is 165 Å². The highest BCUT2D eigenvalue weighted by Gasteiger charge is 2.44. The van der Waals surface area contributed by atoms with Crippen LogP contribution in [-0.2, 0) is 54.1 Å². The minimum absolute atomic E-state index is 0.00533. The largest absolute Gasteiger partial charge is 0.491 e. The van der Waals surface area contributed by atoms with Crippen LogP contribution in [0, 0.1) is 5.41 Å². The number of benzene rings is 6. The number of aliphatic hydroxyl groups excluding tert-OH is 2. The molecule has 504 valence electrons. The molecular formula is C73H92O16S4. The number of hydrogen-bond acceptors (Lipinski definition) is 20. The average Bonchev–Trinajstić information content (AvgIpc) is 0.827. The van der Waals surface area contributed by atoms with E-state index >= 15 is 0 Å². The zero-order valence-electron chi connectivity index (χ0n) is 54.2. The lowest BCUT2D eigenvalue weighted by atomic mass is 9.90. The van der Waals surface area contributed by atoms with E-state index in [0.717, 1.165) is 102 Å². The molecule has 1 aliphatic carbocycles. The van der Waals surface area contributed by atoms with Gasteiger partial charge in [0.1, 0.15) is 82.0 Å². The summed E-state index contributed by atoms with van der Waals surface area (Å²) in [5.74, 6) is 9.10. The number of fused-ring (bicyclic) bond motifs is 10. The fourth-order valence-corrected chi connectivity index (χ4v) is 18.7. The van der Waals surface area contributed by atoms with Crippen molar-refractivity contribution >= 4 is 47.0 Å². The van der Waals surface area contributed by atoms with Crippen LogP contribution >= 0.6 is 47.0 Å². The van der Waals surface area contributed by atoms with E-state index in [2.05, 4.69) is 66.7 Å². The van der Waals surface area contributed by atoms with E-state index in [1.165, 1.54) is 0 Å². The summed E-state index contributed by atoms with van der Waals surface area (Å²) in [6.07, 6.45) is 0.446. The second kappa shape index (κ2) is 37.3. The molecule has 10 rings (SSSR count). The molecule has 2 saturated heterocycles. The Morgan fingerprint density at radius 3 is 1.05 bits per heavy atom. The van der Waals surface area contributed by atoms with E-state index in [1.54, 1.807) is 0 Å². The van der Waals surface area contributed by atoms with E-state index in [4.69, 9.17) is 66.3 Å². The number of para-hydroxylation sites is 5. The molecule has 2 atom stereocenters. The van der Waals surface area contributed by atoms with Crippen molar-refractivity contribution in [2.75, 3.05) is 155 Å². The van der Waals surface area contributed by atoms with Crippen LogP contribution in [0.5, 0.6) is 46.0 Å². The Kier molecular flexibility index (Phi) is 28.4. The standard InChI is InChI=1S/C73H92O16S4/c1-5-76-24-36-86-67-52-14-11-15-53(67)41-55-17-13-19-57(69(55)88-38-26-78-7-3)43-60-45-58(44-59(70(60)89-39-27-79-8-4)42-56-18-12-16-54(40-52)68(56)87-37-25-77-6-2)66(75)72-92-49-73(50-93-72)47-90-71(91-48-73)65(74)51-22-23-63-64(46-51)85-35-31-81-29-33-83-62-21-10-9-20-61(62)82-32-28-80-30-34-84-63/h9-23,44-46,65-66,71-72,74-75H,5-8,24-43,47-50H2,1-4H3. The first-order valence-electron chi connectivity index (χ1n) is 32.8. The first-order valence-corrected chi connectivity index (χ1v) is 37.0. The third kappa shape index (κ3) is 20.0. The maximum absolute atomic E-state index is 12.9. The van der Waals surface area contributed by atoms with Crippen LogP contribution < -0.4 is 37.9 Å². The Labute approximate surface area is 566 Å². The molecular weight excluding hydrogens is 1260 g/mol. The van der Waals surface area contributed by atoms with Gasteiger partial charge in [-0.2, -0.15) is 0 Å².